The summed E-state index contributed by atoms with van der Waals surface area (Å²) in [6.45, 7) is 12.7. The van der Waals surface area contributed by atoms with Crippen LogP contribution in [-0.4, -0.2) is 48.1 Å². The second-order valence-electron chi connectivity index (χ2n) is 5.96. The lowest BCUT2D eigenvalue weighted by Crippen LogP contribution is -2.52. The van der Waals surface area contributed by atoms with E-state index in [1.54, 1.807) is 0 Å². The van der Waals surface area contributed by atoms with Crippen LogP contribution in [0, 0.1) is 0 Å². The van der Waals surface area contributed by atoms with Gasteiger partial charge < -0.3 is 15.5 Å². The van der Waals surface area contributed by atoms with Crippen LogP contribution in [0.2, 0.25) is 0 Å². The van der Waals surface area contributed by atoms with Gasteiger partial charge in [0.15, 0.2) is 0 Å². The van der Waals surface area contributed by atoms with E-state index in [0.717, 1.165) is 25.9 Å². The highest BCUT2D eigenvalue weighted by molar-refractivity contribution is 5.81. The Hall–Kier alpha value is -0.610. The van der Waals surface area contributed by atoms with E-state index < -0.39 is 0 Å². The first-order valence-corrected chi connectivity index (χ1v) is 7.20. The van der Waals surface area contributed by atoms with Crippen LogP contribution in [0.25, 0.3) is 0 Å². The summed E-state index contributed by atoms with van der Waals surface area (Å²) >= 11 is 0. The molecule has 18 heavy (non-hydrogen) atoms. The number of hydrogen-bond acceptors (Lipinski definition) is 3. The van der Waals surface area contributed by atoms with E-state index >= 15 is 0 Å². The summed E-state index contributed by atoms with van der Waals surface area (Å²) in [5.41, 5.74) is 0. The van der Waals surface area contributed by atoms with Crippen LogP contribution in [0.1, 0.15) is 47.5 Å². The maximum absolute atomic E-state index is 11.8. The molecule has 0 aliphatic carbocycles. The van der Waals surface area contributed by atoms with Crippen LogP contribution in [0.5, 0.6) is 0 Å². The minimum absolute atomic E-state index is 0.0944. The fourth-order valence-electron chi connectivity index (χ4n) is 2.42. The molecule has 0 aromatic carbocycles. The standard InChI is InChI=1S/C14H29N3O/c1-10(2)15-14(18)12(5)16-13-6-8-17(9-7-13)11(3)4/h10-13,16H,6-9H2,1-5H3,(H,15,18). The predicted octanol–water partition coefficient (Wildman–Crippen LogP) is 1.36. The third-order valence-electron chi connectivity index (χ3n) is 3.57. The van der Waals surface area contributed by atoms with Crippen molar-refractivity contribution < 1.29 is 4.79 Å². The summed E-state index contributed by atoms with van der Waals surface area (Å²) in [4.78, 5) is 14.3. The van der Waals surface area contributed by atoms with Gasteiger partial charge in [0.1, 0.15) is 0 Å². The molecule has 1 amide bonds. The predicted molar refractivity (Wildman–Crippen MR) is 75.6 cm³/mol. The number of nitrogens with one attached hydrogen (secondary N) is 2. The lowest BCUT2D eigenvalue weighted by atomic mass is 10.0. The number of nitrogens with zero attached hydrogens (tertiary/aromatic N) is 1. The summed E-state index contributed by atoms with van der Waals surface area (Å²) in [6, 6.07) is 1.23. The van der Waals surface area contributed by atoms with Crippen molar-refractivity contribution >= 4 is 5.91 Å². The Morgan fingerprint density at radius 2 is 1.67 bits per heavy atom. The van der Waals surface area contributed by atoms with Crippen molar-refractivity contribution in [3.63, 3.8) is 0 Å². The third-order valence-corrected chi connectivity index (χ3v) is 3.57. The Morgan fingerprint density at radius 1 is 1.11 bits per heavy atom. The van der Waals surface area contributed by atoms with E-state index in [0.29, 0.717) is 12.1 Å². The number of amides is 1. The zero-order chi connectivity index (χ0) is 13.7. The van der Waals surface area contributed by atoms with Gasteiger partial charge in [0.25, 0.3) is 0 Å². The Bertz CT molecular complexity index is 258. The molecule has 0 bridgehead atoms. The molecule has 1 fully saturated rings. The molecule has 1 unspecified atom stereocenters. The molecular weight excluding hydrogens is 226 g/mol. The first-order chi connectivity index (χ1) is 8.40. The molecule has 106 valence electrons. The molecule has 0 aromatic rings. The normalized spacial score (nSPS) is 20.4. The van der Waals surface area contributed by atoms with Crippen molar-refractivity contribution in [2.24, 2.45) is 0 Å². The van der Waals surface area contributed by atoms with E-state index in [1.807, 2.05) is 20.8 Å². The number of carbonyl (C=O) groups is 1. The van der Waals surface area contributed by atoms with Crippen molar-refractivity contribution in [1.29, 1.82) is 0 Å². The van der Waals surface area contributed by atoms with Crippen LogP contribution in [0.4, 0.5) is 0 Å². The highest BCUT2D eigenvalue weighted by atomic mass is 16.2. The molecule has 0 aromatic heterocycles. The molecule has 0 spiro atoms. The average Bonchev–Trinajstić information content (AvgIpc) is 2.28. The molecule has 4 nitrogen and oxygen atoms in total. The van der Waals surface area contributed by atoms with Gasteiger partial charge in [-0.25, -0.2) is 0 Å². The maximum atomic E-state index is 11.8. The van der Waals surface area contributed by atoms with Gasteiger partial charge in [-0.15, -0.1) is 0 Å². The minimum Gasteiger partial charge on any atom is -0.353 e. The number of piperidine rings is 1. The zero-order valence-electron chi connectivity index (χ0n) is 12.5. The Labute approximate surface area is 111 Å². The summed E-state index contributed by atoms with van der Waals surface area (Å²) in [7, 11) is 0. The molecule has 0 saturated carbocycles. The molecule has 2 N–H and O–H groups in total. The number of likely N-dealkylation sites (tertiary alicyclic amines) is 1. The van der Waals surface area contributed by atoms with Crippen LogP contribution in [0.3, 0.4) is 0 Å². The Balaban J connectivity index is 2.30. The minimum atomic E-state index is -0.0944. The summed E-state index contributed by atoms with van der Waals surface area (Å²) in [6.07, 6.45) is 2.27. The fourth-order valence-corrected chi connectivity index (χ4v) is 2.42. The van der Waals surface area contributed by atoms with Gasteiger partial charge in [0.05, 0.1) is 6.04 Å². The number of hydrogen-bond donors (Lipinski definition) is 2. The van der Waals surface area contributed by atoms with E-state index in [9.17, 15) is 4.79 Å². The lowest BCUT2D eigenvalue weighted by Gasteiger charge is -2.36. The molecular formula is C14H29N3O. The second-order valence-corrected chi connectivity index (χ2v) is 5.96. The van der Waals surface area contributed by atoms with Crippen LogP contribution < -0.4 is 10.6 Å². The quantitative estimate of drug-likeness (QED) is 0.780. The lowest BCUT2D eigenvalue weighted by molar-refractivity contribution is -0.123. The molecule has 1 saturated heterocycles. The third kappa shape index (κ3) is 4.94. The topological polar surface area (TPSA) is 44.4 Å². The number of carbonyl (C=O) groups excluding carboxylic acids is 1. The number of rotatable bonds is 5. The molecule has 1 atom stereocenters. The van der Waals surface area contributed by atoms with Crippen LogP contribution >= 0.6 is 0 Å². The summed E-state index contributed by atoms with van der Waals surface area (Å²) in [5, 5.41) is 6.39. The van der Waals surface area contributed by atoms with Gasteiger partial charge in [-0.3, -0.25) is 4.79 Å². The molecule has 1 heterocycles. The van der Waals surface area contributed by atoms with Gasteiger partial charge >= 0.3 is 0 Å². The fraction of sp³-hybridized carbons (Fsp3) is 0.929. The van der Waals surface area contributed by atoms with E-state index in [1.165, 1.54) is 0 Å². The van der Waals surface area contributed by atoms with Crippen molar-refractivity contribution in [2.75, 3.05) is 13.1 Å². The van der Waals surface area contributed by atoms with Gasteiger partial charge in [0, 0.05) is 18.1 Å². The van der Waals surface area contributed by atoms with E-state index in [4.69, 9.17) is 0 Å². The molecule has 1 aliphatic rings. The average molecular weight is 255 g/mol. The Kier molecular flexibility index (Phi) is 6.09. The summed E-state index contributed by atoms with van der Waals surface area (Å²) < 4.78 is 0. The molecule has 1 rings (SSSR count). The molecule has 1 aliphatic heterocycles. The maximum Gasteiger partial charge on any atom is 0.237 e. The monoisotopic (exact) mass is 255 g/mol. The highest BCUT2D eigenvalue weighted by Crippen LogP contribution is 2.13. The van der Waals surface area contributed by atoms with Crippen LogP contribution in [-0.2, 0) is 4.79 Å². The van der Waals surface area contributed by atoms with Gasteiger partial charge in [-0.1, -0.05) is 0 Å². The van der Waals surface area contributed by atoms with Gasteiger partial charge in [-0.05, 0) is 60.5 Å². The molecule has 0 radical (unpaired) electrons. The van der Waals surface area contributed by atoms with Crippen molar-refractivity contribution in [2.45, 2.75) is 71.6 Å². The smallest absolute Gasteiger partial charge is 0.237 e. The van der Waals surface area contributed by atoms with E-state index in [-0.39, 0.29) is 18.0 Å². The van der Waals surface area contributed by atoms with E-state index in [2.05, 4.69) is 29.4 Å². The van der Waals surface area contributed by atoms with Crippen molar-refractivity contribution in [3.8, 4) is 0 Å². The first kappa shape index (κ1) is 15.4. The van der Waals surface area contributed by atoms with Crippen LogP contribution in [0.15, 0.2) is 0 Å². The molecule has 4 heteroatoms. The highest BCUT2D eigenvalue weighted by Gasteiger charge is 2.23. The van der Waals surface area contributed by atoms with Crippen molar-refractivity contribution in [1.82, 2.24) is 15.5 Å². The van der Waals surface area contributed by atoms with Gasteiger partial charge in [-0.2, -0.15) is 0 Å². The second kappa shape index (κ2) is 7.10. The SMILES string of the molecule is CC(C)NC(=O)C(C)NC1CCN(C(C)C)CC1. The van der Waals surface area contributed by atoms with Gasteiger partial charge in [0.2, 0.25) is 5.91 Å². The summed E-state index contributed by atoms with van der Waals surface area (Å²) in [5.74, 6) is 0.108. The van der Waals surface area contributed by atoms with Crippen molar-refractivity contribution in [3.05, 3.63) is 0 Å². The zero-order valence-corrected chi connectivity index (χ0v) is 12.5. The largest absolute Gasteiger partial charge is 0.353 e. The Morgan fingerprint density at radius 3 is 2.11 bits per heavy atom. The first-order valence-electron chi connectivity index (χ1n) is 7.20.